The molecule has 5 nitrogen and oxygen atoms in total. The molecule has 3 fully saturated rings. The summed E-state index contributed by atoms with van der Waals surface area (Å²) in [6, 6.07) is 0. The minimum absolute atomic E-state index is 0.0328. The zero-order valence-electron chi connectivity index (χ0n) is 14.7. The summed E-state index contributed by atoms with van der Waals surface area (Å²) >= 11 is 0. The summed E-state index contributed by atoms with van der Waals surface area (Å²) < 4.78 is 17.6. The van der Waals surface area contributed by atoms with Crippen molar-refractivity contribution in [1.82, 2.24) is 0 Å². The van der Waals surface area contributed by atoms with E-state index in [2.05, 4.69) is 13.8 Å². The Balaban J connectivity index is 1.79. The molecule has 3 aliphatic carbocycles. The van der Waals surface area contributed by atoms with Crippen LogP contribution in [0.4, 0.5) is 0 Å². The second kappa shape index (κ2) is 5.15. The first-order valence-electron chi connectivity index (χ1n) is 8.92. The van der Waals surface area contributed by atoms with Gasteiger partial charge < -0.3 is 14.2 Å². The minimum Gasteiger partial charge on any atom is -0.468 e. The Morgan fingerprint density at radius 2 is 1.96 bits per heavy atom. The van der Waals surface area contributed by atoms with E-state index in [0.29, 0.717) is 26.1 Å². The summed E-state index contributed by atoms with van der Waals surface area (Å²) in [5.41, 5.74) is -1.19. The average Bonchev–Trinajstić information content (AvgIpc) is 2.94. The van der Waals surface area contributed by atoms with Gasteiger partial charge in [0.2, 0.25) is 0 Å². The van der Waals surface area contributed by atoms with Crippen LogP contribution in [0.3, 0.4) is 0 Å². The van der Waals surface area contributed by atoms with Crippen molar-refractivity contribution >= 4 is 11.8 Å². The number of allylic oxidation sites excluding steroid dienone is 2. The number of Topliss-reactive ketones (excluding diaryl/α,β-unsaturated/α-hetero) is 1. The van der Waals surface area contributed by atoms with Gasteiger partial charge in [0.25, 0.3) is 0 Å². The molecule has 0 unspecified atom stereocenters. The minimum atomic E-state index is -1.14. The molecule has 132 valence electrons. The number of ketones is 1. The van der Waals surface area contributed by atoms with Crippen LogP contribution < -0.4 is 0 Å². The lowest BCUT2D eigenvalue weighted by Crippen LogP contribution is -2.57. The van der Waals surface area contributed by atoms with Crippen LogP contribution in [0.25, 0.3) is 0 Å². The lowest BCUT2D eigenvalue weighted by molar-refractivity contribution is -0.324. The van der Waals surface area contributed by atoms with Gasteiger partial charge in [-0.25, -0.2) is 0 Å². The van der Waals surface area contributed by atoms with Crippen LogP contribution in [-0.2, 0) is 23.8 Å². The Labute approximate surface area is 142 Å². The molecule has 2 bridgehead atoms. The Hall–Kier alpha value is -1.20. The highest BCUT2D eigenvalue weighted by atomic mass is 16.7. The maximum Gasteiger partial charge on any atom is 0.320 e. The topological polar surface area (TPSA) is 61.8 Å². The standard InChI is InChI=1S/C19H26O5/c1-17(2)10-23-19(24-11-17)9-7-12-13-6-4-5-8-18(14(12)19,15(13)20)16(21)22-3/h4-5,12-14H,6-11H2,1-3H3/t12-,13-,14-,18-/m0/s1. The fourth-order valence-corrected chi connectivity index (χ4v) is 5.43. The van der Waals surface area contributed by atoms with E-state index in [0.717, 1.165) is 12.8 Å². The lowest BCUT2D eigenvalue weighted by atomic mass is 9.70. The smallest absolute Gasteiger partial charge is 0.320 e. The zero-order chi connectivity index (χ0) is 17.2. The summed E-state index contributed by atoms with van der Waals surface area (Å²) in [5, 5.41) is 0. The van der Waals surface area contributed by atoms with E-state index in [1.807, 2.05) is 12.2 Å². The van der Waals surface area contributed by atoms with Gasteiger partial charge in [-0.3, -0.25) is 9.59 Å². The average molecular weight is 334 g/mol. The number of carbonyl (C=O) groups is 2. The first kappa shape index (κ1) is 16.3. The monoisotopic (exact) mass is 334 g/mol. The highest BCUT2D eigenvalue weighted by molar-refractivity contribution is 6.08. The molecular weight excluding hydrogens is 308 g/mol. The van der Waals surface area contributed by atoms with Gasteiger partial charge >= 0.3 is 5.97 Å². The number of esters is 1. The highest BCUT2D eigenvalue weighted by Crippen LogP contribution is 2.65. The molecule has 4 atom stereocenters. The molecule has 4 rings (SSSR count). The Bertz CT molecular complexity index is 597. The molecule has 4 aliphatic rings. The molecule has 0 radical (unpaired) electrons. The van der Waals surface area contributed by atoms with Crippen LogP contribution in [0.15, 0.2) is 12.2 Å². The molecule has 0 aromatic rings. The number of ether oxygens (including phenoxy) is 3. The maximum absolute atomic E-state index is 13.2. The number of methoxy groups -OCH3 is 1. The van der Waals surface area contributed by atoms with Crippen molar-refractivity contribution in [3.05, 3.63) is 12.2 Å². The van der Waals surface area contributed by atoms with E-state index in [9.17, 15) is 9.59 Å². The Kier molecular flexibility index (Phi) is 3.49. The summed E-state index contributed by atoms with van der Waals surface area (Å²) in [7, 11) is 1.37. The molecule has 2 saturated carbocycles. The fourth-order valence-electron chi connectivity index (χ4n) is 5.43. The van der Waals surface area contributed by atoms with Crippen molar-refractivity contribution in [2.75, 3.05) is 20.3 Å². The highest BCUT2D eigenvalue weighted by Gasteiger charge is 2.73. The van der Waals surface area contributed by atoms with Crippen molar-refractivity contribution in [3.63, 3.8) is 0 Å². The molecule has 24 heavy (non-hydrogen) atoms. The van der Waals surface area contributed by atoms with Gasteiger partial charge in [-0.15, -0.1) is 0 Å². The predicted molar refractivity (Wildman–Crippen MR) is 86.0 cm³/mol. The quantitative estimate of drug-likeness (QED) is 0.419. The van der Waals surface area contributed by atoms with Crippen LogP contribution in [0.1, 0.15) is 39.5 Å². The van der Waals surface area contributed by atoms with Crippen LogP contribution in [0.5, 0.6) is 0 Å². The molecule has 0 N–H and O–H groups in total. The van der Waals surface area contributed by atoms with E-state index in [-0.39, 0.29) is 29.0 Å². The summed E-state index contributed by atoms with van der Waals surface area (Å²) in [6.45, 7) is 5.38. The summed E-state index contributed by atoms with van der Waals surface area (Å²) in [4.78, 5) is 26.1. The molecule has 5 heteroatoms. The molecule has 0 aromatic heterocycles. The van der Waals surface area contributed by atoms with E-state index >= 15 is 0 Å². The molecule has 0 amide bonds. The second-order valence-electron chi connectivity index (χ2n) is 8.58. The number of fused-ring (bicyclic) bond motifs is 6. The number of carbonyl (C=O) groups excluding carboxylic acids is 2. The van der Waals surface area contributed by atoms with Gasteiger partial charge in [0.05, 0.1) is 20.3 Å². The number of hydrogen-bond acceptors (Lipinski definition) is 5. The molecule has 0 aromatic carbocycles. The van der Waals surface area contributed by atoms with Gasteiger partial charge in [-0.1, -0.05) is 26.0 Å². The summed E-state index contributed by atoms with van der Waals surface area (Å²) in [5.74, 6) is -1.42. The van der Waals surface area contributed by atoms with E-state index in [1.165, 1.54) is 7.11 Å². The Morgan fingerprint density at radius 1 is 1.25 bits per heavy atom. The predicted octanol–water partition coefficient (Wildman–Crippen LogP) is 2.49. The van der Waals surface area contributed by atoms with Crippen molar-refractivity contribution in [2.24, 2.45) is 28.6 Å². The zero-order valence-corrected chi connectivity index (χ0v) is 14.7. The van der Waals surface area contributed by atoms with E-state index in [1.54, 1.807) is 0 Å². The van der Waals surface area contributed by atoms with Crippen LogP contribution in [0, 0.1) is 28.6 Å². The third kappa shape index (κ3) is 1.94. The first-order valence-corrected chi connectivity index (χ1v) is 8.92. The first-order chi connectivity index (χ1) is 11.4. The summed E-state index contributed by atoms with van der Waals surface area (Å²) in [6.07, 6.45) is 6.73. The van der Waals surface area contributed by atoms with E-state index in [4.69, 9.17) is 14.2 Å². The van der Waals surface area contributed by atoms with Crippen LogP contribution >= 0.6 is 0 Å². The largest absolute Gasteiger partial charge is 0.468 e. The lowest BCUT2D eigenvalue weighted by Gasteiger charge is -2.48. The Morgan fingerprint density at radius 3 is 2.62 bits per heavy atom. The van der Waals surface area contributed by atoms with Crippen molar-refractivity contribution in [2.45, 2.75) is 45.3 Å². The van der Waals surface area contributed by atoms with Crippen LogP contribution in [-0.4, -0.2) is 37.9 Å². The normalized spacial score (nSPS) is 42.0. The van der Waals surface area contributed by atoms with Gasteiger partial charge in [0.15, 0.2) is 11.6 Å². The SMILES string of the molecule is COC(=O)[C@]12CC=CC[C@H](C1=O)[C@@H]1CCC3(OCC(C)(C)CO3)[C@@H]12. The van der Waals surface area contributed by atoms with Gasteiger partial charge in [-0.2, -0.15) is 0 Å². The van der Waals surface area contributed by atoms with Crippen LogP contribution in [0.2, 0.25) is 0 Å². The molecular formula is C19H26O5. The van der Waals surface area contributed by atoms with Crippen molar-refractivity contribution < 1.29 is 23.8 Å². The molecule has 1 saturated heterocycles. The van der Waals surface area contributed by atoms with Gasteiger partial charge in [0.1, 0.15) is 5.41 Å². The third-order valence-corrected chi connectivity index (χ3v) is 6.51. The van der Waals surface area contributed by atoms with Gasteiger partial charge in [-0.05, 0) is 25.2 Å². The maximum atomic E-state index is 13.2. The fraction of sp³-hybridized carbons (Fsp3) is 0.789. The number of hydrogen-bond donors (Lipinski definition) is 0. The van der Waals surface area contributed by atoms with Crippen molar-refractivity contribution in [1.29, 1.82) is 0 Å². The van der Waals surface area contributed by atoms with Gasteiger partial charge in [0, 0.05) is 23.7 Å². The molecule has 1 aliphatic heterocycles. The van der Waals surface area contributed by atoms with Crippen molar-refractivity contribution in [3.8, 4) is 0 Å². The molecule has 1 heterocycles. The number of rotatable bonds is 1. The third-order valence-electron chi connectivity index (χ3n) is 6.51. The van der Waals surface area contributed by atoms with E-state index < -0.39 is 17.2 Å². The second-order valence-corrected chi connectivity index (χ2v) is 8.58. The molecule has 1 spiro atoms.